The first-order chi connectivity index (χ1) is 6.99. The molecule has 84 valence electrons. The molecule has 0 radical (unpaired) electrons. The largest absolute Gasteiger partial charge is 0.381 e. The molecule has 2 rings (SSSR count). The van der Waals surface area contributed by atoms with Crippen LogP contribution in [-0.4, -0.2) is 11.1 Å². The van der Waals surface area contributed by atoms with Gasteiger partial charge in [0, 0.05) is 24.3 Å². The van der Waals surface area contributed by atoms with Crippen molar-refractivity contribution in [1.82, 2.24) is 5.16 Å². The number of aromatic nitrogens is 1. The van der Waals surface area contributed by atoms with Gasteiger partial charge in [-0.3, -0.25) is 0 Å². The molecule has 1 aromatic heterocycles. The average molecular weight is 216 g/mol. The average Bonchev–Trinajstić information content (AvgIpc) is 2.49. The lowest BCUT2D eigenvalue weighted by atomic mass is 9.84. The van der Waals surface area contributed by atoms with Crippen molar-refractivity contribution in [3.05, 3.63) is 11.3 Å². The SMILES string of the molecule is Cc1c(N)noc1C1CCC(F)(F)CC1. The predicted molar refractivity (Wildman–Crippen MR) is 51.8 cm³/mol. The highest BCUT2D eigenvalue weighted by molar-refractivity contribution is 5.40. The maximum absolute atomic E-state index is 12.9. The normalized spacial score (nSPS) is 21.8. The van der Waals surface area contributed by atoms with Gasteiger partial charge in [-0.15, -0.1) is 0 Å². The molecule has 0 bridgehead atoms. The van der Waals surface area contributed by atoms with E-state index in [-0.39, 0.29) is 18.8 Å². The summed E-state index contributed by atoms with van der Waals surface area (Å²) in [4.78, 5) is 0. The molecule has 1 fully saturated rings. The van der Waals surface area contributed by atoms with E-state index in [1.54, 1.807) is 0 Å². The van der Waals surface area contributed by atoms with Crippen LogP contribution >= 0.6 is 0 Å². The zero-order chi connectivity index (χ0) is 11.1. The summed E-state index contributed by atoms with van der Waals surface area (Å²) in [5, 5.41) is 3.64. The van der Waals surface area contributed by atoms with Gasteiger partial charge in [-0.2, -0.15) is 0 Å². The minimum absolute atomic E-state index is 0.0504. The summed E-state index contributed by atoms with van der Waals surface area (Å²) in [5.41, 5.74) is 6.34. The number of nitrogens with zero attached hydrogens (tertiary/aromatic N) is 1. The Hall–Kier alpha value is -1.13. The smallest absolute Gasteiger partial charge is 0.248 e. The van der Waals surface area contributed by atoms with Crippen LogP contribution in [-0.2, 0) is 0 Å². The molecule has 0 unspecified atom stereocenters. The standard InChI is InChI=1S/C10H14F2N2O/c1-6-8(15-14-9(6)13)7-2-4-10(11,12)5-3-7/h7H,2-5H2,1H3,(H2,13,14). The first kappa shape index (κ1) is 10.4. The number of hydrogen-bond donors (Lipinski definition) is 1. The molecule has 3 nitrogen and oxygen atoms in total. The monoisotopic (exact) mass is 216 g/mol. The summed E-state index contributed by atoms with van der Waals surface area (Å²) in [6, 6.07) is 0. The van der Waals surface area contributed by atoms with Crippen molar-refractivity contribution in [2.24, 2.45) is 0 Å². The quantitative estimate of drug-likeness (QED) is 0.785. The summed E-state index contributed by atoms with van der Waals surface area (Å²) < 4.78 is 30.9. The van der Waals surface area contributed by atoms with Crippen molar-refractivity contribution < 1.29 is 13.3 Å². The summed E-state index contributed by atoms with van der Waals surface area (Å²) in [6.07, 6.45) is 0.750. The van der Waals surface area contributed by atoms with Crippen LogP contribution in [0.2, 0.25) is 0 Å². The Labute approximate surface area is 86.6 Å². The van der Waals surface area contributed by atoms with Crippen LogP contribution in [0.25, 0.3) is 0 Å². The second-order valence-electron chi connectivity index (χ2n) is 4.19. The maximum Gasteiger partial charge on any atom is 0.248 e. The lowest BCUT2D eigenvalue weighted by molar-refractivity contribution is -0.0399. The van der Waals surface area contributed by atoms with Gasteiger partial charge < -0.3 is 10.3 Å². The van der Waals surface area contributed by atoms with Gasteiger partial charge in [0.25, 0.3) is 0 Å². The zero-order valence-electron chi connectivity index (χ0n) is 8.59. The van der Waals surface area contributed by atoms with Gasteiger partial charge in [-0.1, -0.05) is 5.16 Å². The van der Waals surface area contributed by atoms with E-state index >= 15 is 0 Å². The molecule has 0 aliphatic heterocycles. The third-order valence-electron chi connectivity index (χ3n) is 3.08. The fourth-order valence-electron chi connectivity index (χ4n) is 2.04. The molecule has 2 N–H and O–H groups in total. The fourth-order valence-corrected chi connectivity index (χ4v) is 2.04. The van der Waals surface area contributed by atoms with E-state index in [1.807, 2.05) is 6.92 Å². The molecule has 0 aromatic carbocycles. The second-order valence-corrected chi connectivity index (χ2v) is 4.19. The van der Waals surface area contributed by atoms with E-state index in [2.05, 4.69) is 5.16 Å². The van der Waals surface area contributed by atoms with Gasteiger partial charge in [0.2, 0.25) is 5.92 Å². The Balaban J connectivity index is 2.11. The molecule has 1 aliphatic rings. The van der Waals surface area contributed by atoms with Crippen LogP contribution in [0.15, 0.2) is 4.52 Å². The van der Waals surface area contributed by atoms with Crippen molar-refractivity contribution in [3.8, 4) is 0 Å². The molecule has 15 heavy (non-hydrogen) atoms. The number of halogens is 2. The Bertz CT molecular complexity index is 352. The Morgan fingerprint density at radius 2 is 2.00 bits per heavy atom. The Morgan fingerprint density at radius 1 is 1.40 bits per heavy atom. The van der Waals surface area contributed by atoms with E-state index < -0.39 is 5.92 Å². The van der Waals surface area contributed by atoms with E-state index in [1.165, 1.54) is 0 Å². The summed E-state index contributed by atoms with van der Waals surface area (Å²) in [7, 11) is 0. The third kappa shape index (κ3) is 1.96. The fraction of sp³-hybridized carbons (Fsp3) is 0.700. The van der Waals surface area contributed by atoms with Crippen LogP contribution in [0, 0.1) is 6.92 Å². The van der Waals surface area contributed by atoms with Crippen molar-refractivity contribution in [1.29, 1.82) is 0 Å². The molecule has 1 heterocycles. The summed E-state index contributed by atoms with van der Waals surface area (Å²) in [6.45, 7) is 1.81. The van der Waals surface area contributed by atoms with Crippen molar-refractivity contribution in [2.45, 2.75) is 44.4 Å². The van der Waals surface area contributed by atoms with Gasteiger partial charge in [-0.05, 0) is 19.8 Å². The summed E-state index contributed by atoms with van der Waals surface area (Å²) >= 11 is 0. The molecule has 1 saturated carbocycles. The molecule has 0 amide bonds. The molecule has 1 aromatic rings. The van der Waals surface area contributed by atoms with Crippen LogP contribution in [0.3, 0.4) is 0 Å². The van der Waals surface area contributed by atoms with Gasteiger partial charge in [0.15, 0.2) is 5.82 Å². The Morgan fingerprint density at radius 3 is 2.47 bits per heavy atom. The van der Waals surface area contributed by atoms with Crippen LogP contribution in [0.5, 0.6) is 0 Å². The van der Waals surface area contributed by atoms with Gasteiger partial charge in [0.05, 0.1) is 0 Å². The second kappa shape index (κ2) is 3.47. The summed E-state index contributed by atoms with van der Waals surface area (Å²) in [5.74, 6) is -1.41. The first-order valence-electron chi connectivity index (χ1n) is 5.09. The van der Waals surface area contributed by atoms with Gasteiger partial charge in [-0.25, -0.2) is 8.78 Å². The molecule has 0 atom stereocenters. The van der Waals surface area contributed by atoms with E-state index in [0.29, 0.717) is 24.4 Å². The predicted octanol–water partition coefficient (Wildman–Crippen LogP) is 2.86. The first-order valence-corrected chi connectivity index (χ1v) is 5.09. The number of alkyl halides is 2. The van der Waals surface area contributed by atoms with Gasteiger partial charge in [0.1, 0.15) is 5.76 Å². The highest BCUT2D eigenvalue weighted by Gasteiger charge is 2.37. The highest BCUT2D eigenvalue weighted by atomic mass is 19.3. The number of hydrogen-bond acceptors (Lipinski definition) is 3. The lowest BCUT2D eigenvalue weighted by Crippen LogP contribution is -2.23. The lowest BCUT2D eigenvalue weighted by Gasteiger charge is -2.26. The van der Waals surface area contributed by atoms with Crippen LogP contribution in [0.4, 0.5) is 14.6 Å². The van der Waals surface area contributed by atoms with Crippen LogP contribution < -0.4 is 5.73 Å². The van der Waals surface area contributed by atoms with Crippen LogP contribution in [0.1, 0.15) is 42.9 Å². The third-order valence-corrected chi connectivity index (χ3v) is 3.08. The number of nitrogens with two attached hydrogens (primary N) is 1. The molecule has 0 spiro atoms. The van der Waals surface area contributed by atoms with E-state index in [0.717, 1.165) is 5.56 Å². The molecule has 1 aliphatic carbocycles. The number of rotatable bonds is 1. The van der Waals surface area contributed by atoms with Crippen molar-refractivity contribution >= 4 is 5.82 Å². The van der Waals surface area contributed by atoms with E-state index in [9.17, 15) is 8.78 Å². The maximum atomic E-state index is 12.9. The minimum atomic E-state index is -2.50. The highest BCUT2D eigenvalue weighted by Crippen LogP contribution is 2.42. The zero-order valence-corrected chi connectivity index (χ0v) is 8.59. The van der Waals surface area contributed by atoms with E-state index in [4.69, 9.17) is 10.3 Å². The van der Waals surface area contributed by atoms with Crippen molar-refractivity contribution in [3.63, 3.8) is 0 Å². The molecule has 0 saturated heterocycles. The van der Waals surface area contributed by atoms with Gasteiger partial charge >= 0.3 is 0 Å². The Kier molecular flexibility index (Phi) is 2.40. The minimum Gasteiger partial charge on any atom is -0.381 e. The van der Waals surface area contributed by atoms with Crippen molar-refractivity contribution in [2.75, 3.05) is 5.73 Å². The molecule has 5 heteroatoms. The number of nitrogen functional groups attached to an aromatic ring is 1. The topological polar surface area (TPSA) is 52.0 Å². The molecular weight excluding hydrogens is 202 g/mol. The molecular formula is C10H14F2N2O. The number of anilines is 1.